The molecule has 0 bridgehead atoms. The molecule has 0 saturated carbocycles. The number of fused-ring (bicyclic) bond motifs is 1. The van der Waals surface area contributed by atoms with Crippen molar-refractivity contribution < 1.29 is 17.9 Å². The third-order valence-corrected chi connectivity index (χ3v) is 6.79. The molecule has 1 aromatic heterocycles. The molecule has 0 aliphatic heterocycles. The molecule has 26 heavy (non-hydrogen) atoms. The van der Waals surface area contributed by atoms with Crippen molar-refractivity contribution in [1.82, 2.24) is 3.97 Å². The van der Waals surface area contributed by atoms with E-state index < -0.39 is 20.7 Å². The largest absolute Gasteiger partial charge is 0.463 e. The summed E-state index contributed by atoms with van der Waals surface area (Å²) in [5.74, 6) is -0.506. The second-order valence-corrected chi connectivity index (χ2v) is 8.53. The van der Waals surface area contributed by atoms with Gasteiger partial charge >= 0.3 is 5.97 Å². The molecule has 0 N–H and O–H groups in total. The molecule has 0 spiro atoms. The second kappa shape index (κ2) is 6.96. The highest BCUT2D eigenvalue weighted by molar-refractivity contribution is 7.91. The predicted octanol–water partition coefficient (Wildman–Crippen LogP) is 3.67. The van der Waals surface area contributed by atoms with Gasteiger partial charge < -0.3 is 4.74 Å². The van der Waals surface area contributed by atoms with E-state index in [1.165, 1.54) is 16.1 Å². The molecule has 0 fully saturated rings. The fourth-order valence-electron chi connectivity index (χ4n) is 2.99. The zero-order valence-corrected chi connectivity index (χ0v) is 15.6. The van der Waals surface area contributed by atoms with Gasteiger partial charge in [0.1, 0.15) is 4.75 Å². The van der Waals surface area contributed by atoms with Crippen LogP contribution in [-0.2, 0) is 19.6 Å². The average molecular weight is 371 g/mol. The molecule has 1 atom stereocenters. The Morgan fingerprint density at radius 1 is 1.31 bits per heavy atom. The molecular weight excluding hydrogens is 350 g/mol. The Hall–Kier alpha value is -2.60. The van der Waals surface area contributed by atoms with Gasteiger partial charge in [-0.1, -0.05) is 42.5 Å². The van der Waals surface area contributed by atoms with Crippen LogP contribution in [0.25, 0.3) is 17.0 Å². The van der Waals surface area contributed by atoms with Gasteiger partial charge in [0.2, 0.25) is 10.0 Å². The molecule has 1 aliphatic rings. The zero-order chi connectivity index (χ0) is 18.8. The number of allylic oxidation sites excluding steroid dienone is 3. The molecule has 2 aromatic rings. The van der Waals surface area contributed by atoms with E-state index in [0.29, 0.717) is 17.6 Å². The van der Waals surface area contributed by atoms with Gasteiger partial charge in [-0.2, -0.15) is 0 Å². The van der Waals surface area contributed by atoms with E-state index in [9.17, 15) is 13.2 Å². The Labute approximate surface area is 153 Å². The average Bonchev–Trinajstić information content (AvgIpc) is 3.00. The summed E-state index contributed by atoms with van der Waals surface area (Å²) in [5, 5.41) is 0.790. The summed E-state index contributed by atoms with van der Waals surface area (Å²) in [6.45, 7) is 3.69. The van der Waals surface area contributed by atoms with Crippen LogP contribution in [0.15, 0.2) is 60.7 Å². The summed E-state index contributed by atoms with van der Waals surface area (Å²) in [5.41, 5.74) is 1.00. The summed E-state index contributed by atoms with van der Waals surface area (Å²) >= 11 is 0. The molecule has 6 heteroatoms. The van der Waals surface area contributed by atoms with Gasteiger partial charge in [-0.25, -0.2) is 17.2 Å². The minimum absolute atomic E-state index is 0.264. The van der Waals surface area contributed by atoms with E-state index >= 15 is 0 Å². The molecule has 1 aliphatic carbocycles. The molecular formula is C20H21NO4S. The summed E-state index contributed by atoms with van der Waals surface area (Å²) in [7, 11) is -3.76. The van der Waals surface area contributed by atoms with Crippen LogP contribution >= 0.6 is 0 Å². The first-order chi connectivity index (χ1) is 12.4. The molecule has 0 saturated heterocycles. The Balaban J connectivity index is 2.18. The Morgan fingerprint density at radius 3 is 2.77 bits per heavy atom. The minimum atomic E-state index is -3.76. The van der Waals surface area contributed by atoms with E-state index in [1.54, 1.807) is 44.2 Å². The Bertz CT molecular complexity index is 1030. The van der Waals surface area contributed by atoms with E-state index in [0.717, 1.165) is 5.39 Å². The van der Waals surface area contributed by atoms with Gasteiger partial charge in [0.15, 0.2) is 0 Å². The first-order valence-electron chi connectivity index (χ1n) is 8.44. The maximum Gasteiger partial charge on any atom is 0.330 e. The Kier molecular flexibility index (Phi) is 4.87. The number of hydrogen-bond donors (Lipinski definition) is 0. The molecule has 136 valence electrons. The molecule has 1 unspecified atom stereocenters. The monoisotopic (exact) mass is 371 g/mol. The number of carbonyl (C=O) groups excluding carboxylic acids is 1. The highest BCUT2D eigenvalue weighted by atomic mass is 32.2. The van der Waals surface area contributed by atoms with Crippen LogP contribution in [0.4, 0.5) is 0 Å². The summed E-state index contributed by atoms with van der Waals surface area (Å²) in [6, 6.07) is 9.02. The number of esters is 1. The highest BCUT2D eigenvalue weighted by Gasteiger charge is 2.39. The predicted molar refractivity (Wildman–Crippen MR) is 103 cm³/mol. The molecule has 5 nitrogen and oxygen atoms in total. The maximum absolute atomic E-state index is 13.5. The van der Waals surface area contributed by atoms with Gasteiger partial charge in [-0.3, -0.25) is 0 Å². The number of rotatable bonds is 5. The normalized spacial score (nSPS) is 20.1. The first kappa shape index (κ1) is 18.2. The van der Waals surface area contributed by atoms with Crippen LogP contribution in [0.3, 0.4) is 0 Å². The van der Waals surface area contributed by atoms with E-state index in [4.69, 9.17) is 4.74 Å². The number of carbonyl (C=O) groups is 1. The SMILES string of the molecule is CCOC(=O)/C=C/c1cc2ccccc2n1S(=O)(=O)C1(C)C=CC=CC1. The molecule has 3 rings (SSSR count). The fraction of sp³-hybridized carbons (Fsp3) is 0.250. The highest BCUT2D eigenvalue weighted by Crippen LogP contribution is 2.33. The van der Waals surface area contributed by atoms with Crippen molar-refractivity contribution in [2.24, 2.45) is 0 Å². The first-order valence-corrected chi connectivity index (χ1v) is 9.88. The molecule has 1 aromatic carbocycles. The number of nitrogens with zero attached hydrogens (tertiary/aromatic N) is 1. The van der Waals surface area contributed by atoms with Crippen molar-refractivity contribution >= 4 is 33.0 Å². The van der Waals surface area contributed by atoms with E-state index in [2.05, 4.69) is 0 Å². The van der Waals surface area contributed by atoms with Gasteiger partial charge in [0.25, 0.3) is 0 Å². The third-order valence-electron chi connectivity index (χ3n) is 4.42. The summed E-state index contributed by atoms with van der Waals surface area (Å²) in [4.78, 5) is 11.7. The number of ether oxygens (including phenoxy) is 1. The summed E-state index contributed by atoms with van der Waals surface area (Å²) < 4.78 is 32.2. The number of aromatic nitrogens is 1. The van der Waals surface area contributed by atoms with Crippen molar-refractivity contribution in [1.29, 1.82) is 0 Å². The zero-order valence-electron chi connectivity index (χ0n) is 14.8. The molecule has 0 radical (unpaired) electrons. The standard InChI is InChI=1S/C20H21NO4S/c1-3-25-19(22)12-11-17-15-16-9-5-6-10-18(16)21(17)26(23,24)20(2)13-7-4-8-14-20/h4-13,15H,3,14H2,1-2H3/b12-11+. The van der Waals surface area contributed by atoms with Crippen molar-refractivity contribution in [3.63, 3.8) is 0 Å². The van der Waals surface area contributed by atoms with Crippen molar-refractivity contribution in [3.8, 4) is 0 Å². The Morgan fingerprint density at radius 2 is 2.08 bits per heavy atom. The van der Waals surface area contributed by atoms with Crippen molar-refractivity contribution in [2.75, 3.05) is 6.61 Å². The fourth-order valence-corrected chi connectivity index (χ4v) is 4.78. The summed E-state index contributed by atoms with van der Waals surface area (Å²) in [6.07, 6.45) is 10.3. The van der Waals surface area contributed by atoms with Gasteiger partial charge in [0, 0.05) is 11.5 Å². The quantitative estimate of drug-likeness (QED) is 0.594. The van der Waals surface area contributed by atoms with Gasteiger partial charge in [-0.15, -0.1) is 0 Å². The van der Waals surface area contributed by atoms with Gasteiger partial charge in [-0.05, 0) is 38.5 Å². The van der Waals surface area contributed by atoms with E-state index in [1.807, 2.05) is 24.3 Å². The lowest BCUT2D eigenvalue weighted by molar-refractivity contribution is -0.137. The molecule has 1 heterocycles. The number of hydrogen-bond acceptors (Lipinski definition) is 4. The molecule has 0 amide bonds. The number of para-hydroxylation sites is 1. The lowest BCUT2D eigenvalue weighted by Gasteiger charge is -2.28. The lowest BCUT2D eigenvalue weighted by Crippen LogP contribution is -2.38. The van der Waals surface area contributed by atoms with Crippen LogP contribution in [0.5, 0.6) is 0 Å². The maximum atomic E-state index is 13.5. The third kappa shape index (κ3) is 3.12. The van der Waals surface area contributed by atoms with Crippen molar-refractivity contribution in [3.05, 3.63) is 66.4 Å². The van der Waals surface area contributed by atoms with Crippen LogP contribution in [0.1, 0.15) is 26.0 Å². The topological polar surface area (TPSA) is 65.4 Å². The van der Waals surface area contributed by atoms with Crippen molar-refractivity contribution in [2.45, 2.75) is 25.0 Å². The minimum Gasteiger partial charge on any atom is -0.463 e. The second-order valence-electron chi connectivity index (χ2n) is 6.29. The van der Waals surface area contributed by atoms with Gasteiger partial charge in [0.05, 0.1) is 17.8 Å². The number of benzene rings is 1. The lowest BCUT2D eigenvalue weighted by atomic mass is 10.0. The van der Waals surface area contributed by atoms with Crippen LogP contribution in [0.2, 0.25) is 0 Å². The van der Waals surface area contributed by atoms with Crippen LogP contribution in [-0.4, -0.2) is 29.7 Å². The van der Waals surface area contributed by atoms with E-state index in [-0.39, 0.29) is 6.61 Å². The van der Waals surface area contributed by atoms with Crippen LogP contribution < -0.4 is 0 Å². The smallest absolute Gasteiger partial charge is 0.330 e. The van der Waals surface area contributed by atoms with Crippen LogP contribution in [0, 0.1) is 0 Å².